The highest BCUT2D eigenvalue weighted by Crippen LogP contribution is 2.64. The van der Waals surface area contributed by atoms with Crippen molar-refractivity contribution >= 4 is 30.4 Å². The second-order valence-electron chi connectivity index (χ2n) is 5.56. The Labute approximate surface area is 151 Å². The largest absolute Gasteiger partial charge is 0.776 e. The second kappa shape index (κ2) is 7.28. The number of aliphatic hydroxyl groups is 2. The topological polar surface area (TPSA) is 288 Å². The molecule has 0 bridgehead atoms. The average molecular weight is 474 g/mol. The van der Waals surface area contributed by atoms with Crippen molar-refractivity contribution in [3.8, 4) is 0 Å². The second-order valence-corrected chi connectivity index (χ2v) is 13.4. The van der Waals surface area contributed by atoms with E-state index >= 15 is 0 Å². The van der Waals surface area contributed by atoms with Crippen molar-refractivity contribution in [1.82, 2.24) is 9.80 Å². The molecule has 4 atom stereocenters. The van der Waals surface area contributed by atoms with Crippen molar-refractivity contribution in [1.29, 1.82) is 0 Å². The number of β-amino-alcohol motifs (C(OH)–C–C–N with tert-alkyl or cyclic N) is 2. The Morgan fingerprint density at radius 3 is 1.11 bits per heavy atom. The zero-order valence-electron chi connectivity index (χ0n) is 12.9. The first-order valence-corrected chi connectivity index (χ1v) is 12.7. The number of hydrogen-bond acceptors (Lipinski definition) is 12. The first-order valence-electron chi connectivity index (χ1n) is 6.42. The molecule has 0 aromatic carbocycles. The SMILES string of the molecule is O=P([O-])(O)C(O)(CN1C=CN(CC(O)(P(=O)([O-])O)P(=O)([O-])O)C1)P(=O)([O-])O. The highest BCUT2D eigenvalue weighted by molar-refractivity contribution is 7.71. The van der Waals surface area contributed by atoms with Gasteiger partial charge >= 0.3 is 0 Å². The van der Waals surface area contributed by atoms with Crippen LogP contribution in [0.4, 0.5) is 0 Å². The van der Waals surface area contributed by atoms with Gasteiger partial charge in [0.25, 0.3) is 0 Å². The summed E-state index contributed by atoms with van der Waals surface area (Å²) in [6, 6.07) is 0. The van der Waals surface area contributed by atoms with Gasteiger partial charge in [-0.1, -0.05) is 0 Å². The van der Waals surface area contributed by atoms with E-state index in [1.54, 1.807) is 0 Å². The molecule has 1 aliphatic heterocycles. The summed E-state index contributed by atoms with van der Waals surface area (Å²) in [6.07, 6.45) is 1.52. The molecule has 6 N–H and O–H groups in total. The Kier molecular flexibility index (Phi) is 6.71. The van der Waals surface area contributed by atoms with Crippen LogP contribution >= 0.6 is 30.4 Å². The van der Waals surface area contributed by atoms with Gasteiger partial charge in [-0.15, -0.1) is 0 Å². The molecule has 1 rings (SSSR count). The summed E-state index contributed by atoms with van der Waals surface area (Å²) in [6.45, 7) is -3.81. The lowest BCUT2D eigenvalue weighted by atomic mass is 10.5. The molecule has 16 nitrogen and oxygen atoms in total. The van der Waals surface area contributed by atoms with Gasteiger partial charge in [-0.3, -0.25) is 0 Å². The van der Waals surface area contributed by atoms with Gasteiger partial charge in [0.1, 0.15) is 0 Å². The molecule has 20 heteroatoms. The Morgan fingerprint density at radius 2 is 0.926 bits per heavy atom. The molecule has 0 radical (unpaired) electrons. The van der Waals surface area contributed by atoms with E-state index in [1.165, 1.54) is 0 Å². The van der Waals surface area contributed by atoms with E-state index in [0.29, 0.717) is 9.80 Å². The lowest BCUT2D eigenvalue weighted by molar-refractivity contribution is -0.228. The Bertz CT molecular complexity index is 679. The van der Waals surface area contributed by atoms with Crippen LogP contribution in [-0.4, -0.2) is 69.5 Å². The number of hydrogen-bond donors (Lipinski definition) is 6. The predicted molar refractivity (Wildman–Crippen MR) is 76.6 cm³/mol. The fourth-order valence-corrected chi connectivity index (χ4v) is 5.94. The maximum absolute atomic E-state index is 11.1. The maximum Gasteiger partial charge on any atom is 0.209 e. The number of nitrogens with zero attached hydrogens (tertiary/aromatic N) is 2. The van der Waals surface area contributed by atoms with Gasteiger partial charge < -0.3 is 77.4 Å². The summed E-state index contributed by atoms with van der Waals surface area (Å²) in [5, 5.41) is 11.2. The molecule has 0 aromatic heterocycles. The van der Waals surface area contributed by atoms with Crippen LogP contribution in [-0.2, 0) is 18.3 Å². The van der Waals surface area contributed by atoms with Crippen molar-refractivity contribution in [2.45, 2.75) is 10.2 Å². The zero-order chi connectivity index (χ0) is 21.7. The molecule has 4 unspecified atom stereocenters. The summed E-state index contributed by atoms with van der Waals surface area (Å²) in [7, 11) is -24.4. The van der Waals surface area contributed by atoms with Crippen LogP contribution in [0.3, 0.4) is 0 Å². The summed E-state index contributed by atoms with van der Waals surface area (Å²) in [5.74, 6) is 0. The highest BCUT2D eigenvalue weighted by atomic mass is 31.2. The fourth-order valence-electron chi connectivity index (χ4n) is 1.94. The summed E-state index contributed by atoms with van der Waals surface area (Å²) in [5.41, 5.74) is 0. The summed E-state index contributed by atoms with van der Waals surface area (Å²) < 4.78 is 44.5. The van der Waals surface area contributed by atoms with Crippen molar-refractivity contribution in [3.63, 3.8) is 0 Å². The Balaban J connectivity index is 3.05. The van der Waals surface area contributed by atoms with Gasteiger partial charge in [0.05, 0.1) is 19.8 Å². The summed E-state index contributed by atoms with van der Waals surface area (Å²) >= 11 is 0. The monoisotopic (exact) mass is 474 g/mol. The Morgan fingerprint density at radius 1 is 0.704 bits per heavy atom. The minimum absolute atomic E-state index is 0.558. The first-order chi connectivity index (χ1) is 11.7. The van der Waals surface area contributed by atoms with Crippen molar-refractivity contribution in [3.05, 3.63) is 12.4 Å². The molecule has 160 valence electrons. The van der Waals surface area contributed by atoms with Gasteiger partial charge in [-0.2, -0.15) is 0 Å². The number of rotatable bonds is 8. The molecule has 0 saturated carbocycles. The molecular formula is C7H14N2O14P4-4. The molecule has 27 heavy (non-hydrogen) atoms. The van der Waals surface area contributed by atoms with Crippen LogP contribution in [0.1, 0.15) is 0 Å². The lowest BCUT2D eigenvalue weighted by Crippen LogP contribution is -2.49. The van der Waals surface area contributed by atoms with Crippen LogP contribution in [0.2, 0.25) is 0 Å². The van der Waals surface area contributed by atoms with Crippen LogP contribution in [0.25, 0.3) is 0 Å². The minimum Gasteiger partial charge on any atom is -0.776 e. The first kappa shape index (κ1) is 24.9. The smallest absolute Gasteiger partial charge is 0.209 e. The molecule has 1 aliphatic rings. The molecule has 0 saturated heterocycles. The van der Waals surface area contributed by atoms with E-state index in [9.17, 15) is 48.0 Å². The molecule has 0 aliphatic carbocycles. The molecular weight excluding hydrogens is 460 g/mol. The van der Waals surface area contributed by atoms with Gasteiger partial charge in [-0.25, -0.2) is 0 Å². The maximum atomic E-state index is 11.1. The standard InChI is InChI=1S/C7H18N2O14P4/c10-6(24(12,13)14,25(15,16)17)3-8-1-2-9(5-8)4-7(11,26(18,19)20)27(21,22)23/h1-2,10-11H,3-5H2,(H2,12,13,14)(H2,15,16,17)(H2,18,19,20)(H2,21,22,23)/p-4. The molecule has 0 spiro atoms. The normalized spacial score (nSPS) is 28.4. The Hall–Kier alpha value is -0.140. The van der Waals surface area contributed by atoms with Crippen LogP contribution in [0.5, 0.6) is 0 Å². The fraction of sp³-hybridized carbons (Fsp3) is 0.714. The predicted octanol–water partition coefficient (Wildman–Crippen LogP) is -5.49. The highest BCUT2D eigenvalue weighted by Gasteiger charge is 2.51. The zero-order valence-corrected chi connectivity index (χ0v) is 16.5. The molecule has 0 amide bonds. The van der Waals surface area contributed by atoms with Gasteiger partial charge in [0.2, 0.25) is 10.2 Å². The van der Waals surface area contributed by atoms with Gasteiger partial charge in [0.15, 0.2) is 30.4 Å². The minimum atomic E-state index is -6.11. The van der Waals surface area contributed by atoms with Crippen LogP contribution in [0.15, 0.2) is 12.4 Å². The third-order valence-electron chi connectivity index (χ3n) is 3.49. The van der Waals surface area contributed by atoms with Crippen LogP contribution < -0.4 is 19.6 Å². The molecule has 1 heterocycles. The van der Waals surface area contributed by atoms with Gasteiger partial charge in [0, 0.05) is 12.4 Å². The third kappa shape index (κ3) is 4.89. The van der Waals surface area contributed by atoms with E-state index in [0.717, 1.165) is 12.4 Å². The van der Waals surface area contributed by atoms with Gasteiger partial charge in [-0.05, 0) is 0 Å². The summed E-state index contributed by atoms with van der Waals surface area (Å²) in [4.78, 5) is 81.2. The van der Waals surface area contributed by atoms with Crippen molar-refractivity contribution in [2.75, 3.05) is 19.8 Å². The molecule has 0 aromatic rings. The van der Waals surface area contributed by atoms with Crippen LogP contribution in [0, 0.1) is 0 Å². The van der Waals surface area contributed by atoms with E-state index in [1.807, 2.05) is 0 Å². The van der Waals surface area contributed by atoms with Crippen molar-refractivity contribution in [2.24, 2.45) is 0 Å². The molecule has 0 fully saturated rings. The van der Waals surface area contributed by atoms with E-state index in [2.05, 4.69) is 0 Å². The third-order valence-corrected chi connectivity index (χ3v) is 10.7. The van der Waals surface area contributed by atoms with E-state index < -0.39 is 60.3 Å². The average Bonchev–Trinajstić information content (AvgIpc) is 2.80. The van der Waals surface area contributed by atoms with E-state index in [-0.39, 0.29) is 0 Å². The quantitative estimate of drug-likeness (QED) is 0.179. The van der Waals surface area contributed by atoms with Crippen molar-refractivity contribution < 1.29 is 67.6 Å². The van der Waals surface area contributed by atoms with E-state index in [4.69, 9.17) is 19.6 Å². The lowest BCUT2D eigenvalue weighted by Gasteiger charge is -2.45.